The Hall–Kier alpha value is -2.56. The van der Waals surface area contributed by atoms with Gasteiger partial charge in [0.2, 0.25) is 0 Å². The van der Waals surface area contributed by atoms with Crippen LogP contribution in [-0.2, 0) is 4.74 Å². The molecule has 132 valence electrons. The van der Waals surface area contributed by atoms with E-state index in [9.17, 15) is 4.79 Å². The van der Waals surface area contributed by atoms with Crippen molar-refractivity contribution in [3.05, 3.63) is 71.2 Å². The zero-order valence-corrected chi connectivity index (χ0v) is 15.0. The summed E-state index contributed by atoms with van der Waals surface area (Å²) in [6.07, 6.45) is 0. The second-order valence-corrected chi connectivity index (χ2v) is 6.65. The van der Waals surface area contributed by atoms with E-state index in [-0.39, 0.29) is 5.91 Å². The Balaban J connectivity index is 1.54. The largest absolute Gasteiger partial charge is 0.378 e. The van der Waals surface area contributed by atoms with E-state index in [0.717, 1.165) is 48.5 Å². The maximum atomic E-state index is 12.7. The van der Waals surface area contributed by atoms with Gasteiger partial charge in [-0.25, -0.2) is 0 Å². The lowest BCUT2D eigenvalue weighted by Gasteiger charge is -2.28. The van der Waals surface area contributed by atoms with Crippen molar-refractivity contribution in [1.82, 2.24) is 0 Å². The van der Waals surface area contributed by atoms with Crippen LogP contribution in [-0.4, -0.2) is 32.2 Å². The molecule has 1 amide bonds. The van der Waals surface area contributed by atoms with Crippen LogP contribution in [0.15, 0.2) is 60.7 Å². The molecule has 0 unspecified atom stereocenters. The summed E-state index contributed by atoms with van der Waals surface area (Å²) in [6.45, 7) is 3.29. The van der Waals surface area contributed by atoms with E-state index in [1.165, 1.54) is 0 Å². The monoisotopic (exact) mass is 366 g/mol. The molecule has 1 heterocycles. The molecule has 5 heteroatoms. The Morgan fingerprint density at radius 1 is 0.923 bits per heavy atom. The molecule has 1 N–H and O–H groups in total. The first-order valence-corrected chi connectivity index (χ1v) is 9.01. The molecule has 1 aliphatic rings. The summed E-state index contributed by atoms with van der Waals surface area (Å²) < 4.78 is 5.38. The van der Waals surface area contributed by atoms with Crippen molar-refractivity contribution >= 4 is 39.7 Å². The van der Waals surface area contributed by atoms with Crippen LogP contribution in [0.25, 0.3) is 10.8 Å². The topological polar surface area (TPSA) is 41.6 Å². The van der Waals surface area contributed by atoms with Gasteiger partial charge in [0.05, 0.1) is 13.2 Å². The number of ether oxygens (including phenoxy) is 1. The molecule has 0 saturated carbocycles. The molecular formula is C21H19ClN2O2. The van der Waals surface area contributed by atoms with Crippen molar-refractivity contribution in [2.75, 3.05) is 36.5 Å². The van der Waals surface area contributed by atoms with E-state index in [4.69, 9.17) is 16.3 Å². The SMILES string of the molecule is O=C(Nc1ccc(N2CCOCC2)cc1)c1cccc2c(Cl)cccc12. The van der Waals surface area contributed by atoms with Gasteiger partial charge in [-0.2, -0.15) is 0 Å². The van der Waals surface area contributed by atoms with Crippen LogP contribution in [0.1, 0.15) is 10.4 Å². The van der Waals surface area contributed by atoms with Gasteiger partial charge in [0.15, 0.2) is 0 Å². The standard InChI is InChI=1S/C21H19ClN2O2/c22-20-6-2-3-17-18(20)4-1-5-19(17)21(25)23-15-7-9-16(10-8-15)24-11-13-26-14-12-24/h1-10H,11-14H2,(H,23,25). The molecule has 0 aromatic heterocycles. The normalized spacial score (nSPS) is 14.4. The van der Waals surface area contributed by atoms with Gasteiger partial charge < -0.3 is 15.0 Å². The number of rotatable bonds is 3. The highest BCUT2D eigenvalue weighted by atomic mass is 35.5. The first-order valence-electron chi connectivity index (χ1n) is 8.64. The van der Waals surface area contributed by atoms with Crippen molar-refractivity contribution in [3.63, 3.8) is 0 Å². The van der Waals surface area contributed by atoms with Crippen LogP contribution in [0, 0.1) is 0 Å². The average molecular weight is 367 g/mol. The number of carbonyl (C=O) groups excluding carboxylic acids is 1. The second-order valence-electron chi connectivity index (χ2n) is 6.24. The number of fused-ring (bicyclic) bond motifs is 1. The summed E-state index contributed by atoms with van der Waals surface area (Å²) in [7, 11) is 0. The zero-order valence-electron chi connectivity index (χ0n) is 14.2. The Labute approximate surface area is 157 Å². The number of carbonyl (C=O) groups is 1. The van der Waals surface area contributed by atoms with Crippen LogP contribution >= 0.6 is 11.6 Å². The van der Waals surface area contributed by atoms with Gasteiger partial charge in [-0.05, 0) is 41.8 Å². The van der Waals surface area contributed by atoms with Crippen molar-refractivity contribution < 1.29 is 9.53 Å². The molecule has 26 heavy (non-hydrogen) atoms. The van der Waals surface area contributed by atoms with Gasteiger partial charge >= 0.3 is 0 Å². The number of amides is 1. The Morgan fingerprint density at radius 3 is 2.38 bits per heavy atom. The second kappa shape index (κ2) is 7.36. The van der Waals surface area contributed by atoms with E-state index in [1.807, 2.05) is 60.7 Å². The predicted octanol–water partition coefficient (Wildman–Crippen LogP) is 4.58. The number of hydrogen-bond acceptors (Lipinski definition) is 3. The molecule has 1 aliphatic heterocycles. The fourth-order valence-electron chi connectivity index (χ4n) is 3.25. The van der Waals surface area contributed by atoms with Gasteiger partial charge in [-0.15, -0.1) is 0 Å². The minimum absolute atomic E-state index is 0.142. The summed E-state index contributed by atoms with van der Waals surface area (Å²) in [5, 5.41) is 5.35. The van der Waals surface area contributed by atoms with Gasteiger partial charge in [-0.3, -0.25) is 4.79 Å². The number of nitrogens with zero attached hydrogens (tertiary/aromatic N) is 1. The fraction of sp³-hybridized carbons (Fsp3) is 0.190. The minimum Gasteiger partial charge on any atom is -0.378 e. The third kappa shape index (κ3) is 3.39. The number of morpholine rings is 1. The molecule has 4 rings (SSSR count). The van der Waals surface area contributed by atoms with E-state index >= 15 is 0 Å². The number of hydrogen-bond donors (Lipinski definition) is 1. The summed E-state index contributed by atoms with van der Waals surface area (Å²) in [5.74, 6) is -0.142. The van der Waals surface area contributed by atoms with Gasteiger partial charge in [0.25, 0.3) is 5.91 Å². The van der Waals surface area contributed by atoms with Gasteiger partial charge in [0.1, 0.15) is 0 Å². The maximum absolute atomic E-state index is 12.7. The molecule has 3 aromatic rings. The van der Waals surface area contributed by atoms with Crippen LogP contribution < -0.4 is 10.2 Å². The van der Waals surface area contributed by atoms with Gasteiger partial charge in [0, 0.05) is 40.4 Å². The third-order valence-corrected chi connectivity index (χ3v) is 4.94. The fourth-order valence-corrected chi connectivity index (χ4v) is 3.48. The molecular weight excluding hydrogens is 348 g/mol. The highest BCUT2D eigenvalue weighted by molar-refractivity contribution is 6.36. The van der Waals surface area contributed by atoms with E-state index in [1.54, 1.807) is 0 Å². The molecule has 0 aliphatic carbocycles. The number of anilines is 2. The molecule has 1 saturated heterocycles. The van der Waals surface area contributed by atoms with Crippen molar-refractivity contribution in [3.8, 4) is 0 Å². The molecule has 1 fully saturated rings. The summed E-state index contributed by atoms with van der Waals surface area (Å²) in [4.78, 5) is 15.0. The first-order chi connectivity index (χ1) is 12.7. The highest BCUT2D eigenvalue weighted by Crippen LogP contribution is 2.27. The van der Waals surface area contributed by atoms with E-state index in [2.05, 4.69) is 10.2 Å². The van der Waals surface area contributed by atoms with Gasteiger partial charge in [-0.1, -0.05) is 35.9 Å². The zero-order chi connectivity index (χ0) is 17.9. The van der Waals surface area contributed by atoms with Crippen molar-refractivity contribution in [2.24, 2.45) is 0 Å². The highest BCUT2D eigenvalue weighted by Gasteiger charge is 2.13. The summed E-state index contributed by atoms with van der Waals surface area (Å²) in [6, 6.07) is 19.1. The number of benzene rings is 3. The average Bonchev–Trinajstić information content (AvgIpc) is 2.69. The Bertz CT molecular complexity index is 934. The first kappa shape index (κ1) is 16.9. The molecule has 0 radical (unpaired) electrons. The van der Waals surface area contributed by atoms with Crippen LogP contribution in [0.4, 0.5) is 11.4 Å². The maximum Gasteiger partial charge on any atom is 0.256 e. The lowest BCUT2D eigenvalue weighted by atomic mass is 10.0. The Kier molecular flexibility index (Phi) is 4.78. The van der Waals surface area contributed by atoms with Crippen LogP contribution in [0.2, 0.25) is 5.02 Å². The van der Waals surface area contributed by atoms with E-state index in [0.29, 0.717) is 10.6 Å². The molecule has 4 nitrogen and oxygen atoms in total. The van der Waals surface area contributed by atoms with Crippen LogP contribution in [0.3, 0.4) is 0 Å². The lowest BCUT2D eigenvalue weighted by molar-refractivity contribution is 0.102. The molecule has 0 atom stereocenters. The molecule has 0 bridgehead atoms. The molecule has 3 aromatic carbocycles. The number of nitrogens with one attached hydrogen (secondary N) is 1. The minimum atomic E-state index is -0.142. The van der Waals surface area contributed by atoms with Crippen molar-refractivity contribution in [2.45, 2.75) is 0 Å². The summed E-state index contributed by atoms with van der Waals surface area (Å²) in [5.41, 5.74) is 2.52. The Morgan fingerprint density at radius 2 is 1.62 bits per heavy atom. The predicted molar refractivity (Wildman–Crippen MR) is 106 cm³/mol. The smallest absolute Gasteiger partial charge is 0.256 e. The lowest BCUT2D eigenvalue weighted by Crippen LogP contribution is -2.36. The molecule has 0 spiro atoms. The van der Waals surface area contributed by atoms with Crippen molar-refractivity contribution in [1.29, 1.82) is 0 Å². The third-order valence-electron chi connectivity index (χ3n) is 4.61. The van der Waals surface area contributed by atoms with E-state index < -0.39 is 0 Å². The quantitative estimate of drug-likeness (QED) is 0.737. The van der Waals surface area contributed by atoms with Crippen LogP contribution in [0.5, 0.6) is 0 Å². The number of halogens is 1. The summed E-state index contributed by atoms with van der Waals surface area (Å²) >= 11 is 6.24.